The number of hydrogen-bond donors (Lipinski definition) is 2. The number of hydrogen-bond acceptors (Lipinski definition) is 5. The van der Waals surface area contributed by atoms with Crippen LogP contribution in [0.2, 0.25) is 0 Å². The normalized spacial score (nSPS) is 28.3. The SMILES string of the molecule is CNCC1CCC(C2NN(C)n3cnc4nccc-4c32)CC1. The maximum atomic E-state index is 4.44. The Labute approximate surface area is 131 Å². The van der Waals surface area contributed by atoms with Crippen LogP contribution in [0.4, 0.5) is 0 Å². The van der Waals surface area contributed by atoms with Crippen molar-refractivity contribution < 1.29 is 0 Å². The molecule has 0 aromatic carbocycles. The van der Waals surface area contributed by atoms with Crippen molar-refractivity contribution in [3.05, 3.63) is 24.3 Å². The standard InChI is InChI=1S/C16H24N6/c1-17-9-11-3-5-12(6-4-11)14-15-13-7-8-18-16(13)19-10-22(15)21(2)20-14/h7-8,10-12,14,17,20H,3-6,9H2,1-2H3. The first-order chi connectivity index (χ1) is 10.8. The average Bonchev–Trinajstić information content (AvgIpc) is 3.13. The Hall–Kier alpha value is -1.66. The van der Waals surface area contributed by atoms with E-state index in [1.807, 2.05) is 12.5 Å². The van der Waals surface area contributed by atoms with E-state index in [0.29, 0.717) is 12.0 Å². The summed E-state index contributed by atoms with van der Waals surface area (Å²) in [5.41, 5.74) is 6.13. The summed E-state index contributed by atoms with van der Waals surface area (Å²) < 4.78 is 2.13. The highest BCUT2D eigenvalue weighted by atomic mass is 15.8. The molecule has 0 aromatic heterocycles. The quantitative estimate of drug-likeness (QED) is 0.900. The van der Waals surface area contributed by atoms with Crippen molar-refractivity contribution >= 4 is 0 Å². The minimum absolute atomic E-state index is 0.371. The molecule has 4 aliphatic rings. The van der Waals surface area contributed by atoms with E-state index in [-0.39, 0.29) is 0 Å². The van der Waals surface area contributed by atoms with Crippen molar-refractivity contribution in [2.75, 3.05) is 25.8 Å². The molecular weight excluding hydrogens is 276 g/mol. The molecule has 6 nitrogen and oxygen atoms in total. The minimum Gasteiger partial charge on any atom is -0.319 e. The Morgan fingerprint density at radius 3 is 2.86 bits per heavy atom. The van der Waals surface area contributed by atoms with Crippen molar-refractivity contribution in [2.45, 2.75) is 31.7 Å². The summed E-state index contributed by atoms with van der Waals surface area (Å²) in [5.74, 6) is 2.38. The lowest BCUT2D eigenvalue weighted by molar-refractivity contribution is 0.226. The molecule has 0 amide bonds. The Bertz CT molecular complexity index is 615. The largest absolute Gasteiger partial charge is 0.319 e. The molecule has 1 saturated carbocycles. The maximum absolute atomic E-state index is 4.44. The first-order valence-electron chi connectivity index (χ1n) is 8.24. The fourth-order valence-corrected chi connectivity index (χ4v) is 4.14. The summed E-state index contributed by atoms with van der Waals surface area (Å²) in [6, 6.07) is 2.46. The van der Waals surface area contributed by atoms with Crippen molar-refractivity contribution in [1.82, 2.24) is 25.4 Å². The maximum Gasteiger partial charge on any atom is 0.162 e. The second kappa shape index (κ2) is 5.52. The van der Waals surface area contributed by atoms with Gasteiger partial charge in [0.2, 0.25) is 0 Å². The monoisotopic (exact) mass is 300 g/mol. The summed E-state index contributed by atoms with van der Waals surface area (Å²) in [7, 11) is 4.11. The Kier molecular flexibility index (Phi) is 3.50. The minimum atomic E-state index is 0.371. The first kappa shape index (κ1) is 14.0. The number of rotatable bonds is 3. The fourth-order valence-electron chi connectivity index (χ4n) is 4.14. The van der Waals surface area contributed by atoms with Gasteiger partial charge in [0.1, 0.15) is 6.33 Å². The Morgan fingerprint density at radius 1 is 1.27 bits per heavy atom. The van der Waals surface area contributed by atoms with Crippen molar-refractivity contribution in [1.29, 1.82) is 0 Å². The van der Waals surface area contributed by atoms with Gasteiger partial charge in [-0.05, 0) is 57.2 Å². The van der Waals surface area contributed by atoms with E-state index in [2.05, 4.69) is 50.7 Å². The molecule has 22 heavy (non-hydrogen) atoms. The number of fused-ring (bicyclic) bond motifs is 3. The van der Waals surface area contributed by atoms with E-state index in [1.165, 1.54) is 36.9 Å². The van der Waals surface area contributed by atoms with Crippen molar-refractivity contribution in [3.8, 4) is 11.4 Å². The molecule has 2 N–H and O–H groups in total. The van der Waals surface area contributed by atoms with Gasteiger partial charge in [-0.2, -0.15) is 0 Å². The third-order valence-corrected chi connectivity index (χ3v) is 5.29. The van der Waals surface area contributed by atoms with E-state index < -0.39 is 0 Å². The molecule has 4 rings (SSSR count). The molecule has 0 aromatic rings. The lowest BCUT2D eigenvalue weighted by atomic mass is 9.77. The molecule has 1 atom stereocenters. The molecule has 6 heteroatoms. The number of nitrogens with one attached hydrogen (secondary N) is 2. The van der Waals surface area contributed by atoms with Crippen LogP contribution >= 0.6 is 0 Å². The van der Waals surface area contributed by atoms with E-state index in [4.69, 9.17) is 0 Å². The van der Waals surface area contributed by atoms with Gasteiger partial charge in [0.05, 0.1) is 11.7 Å². The smallest absolute Gasteiger partial charge is 0.162 e. The van der Waals surface area contributed by atoms with Gasteiger partial charge >= 0.3 is 0 Å². The van der Waals surface area contributed by atoms with E-state index in [0.717, 1.165) is 18.3 Å². The summed E-state index contributed by atoms with van der Waals surface area (Å²) >= 11 is 0. The second-order valence-electron chi connectivity index (χ2n) is 6.63. The number of aromatic nitrogens is 3. The number of nitrogens with zero attached hydrogens (tertiary/aromatic N) is 4. The molecule has 118 valence electrons. The zero-order valence-corrected chi connectivity index (χ0v) is 13.3. The van der Waals surface area contributed by atoms with Crippen molar-refractivity contribution in [3.63, 3.8) is 0 Å². The van der Waals surface area contributed by atoms with Crippen LogP contribution in [0.3, 0.4) is 0 Å². The van der Waals surface area contributed by atoms with Crippen LogP contribution in [0.15, 0.2) is 18.6 Å². The number of hydrazine groups is 1. The molecule has 1 aliphatic carbocycles. The van der Waals surface area contributed by atoms with Gasteiger partial charge < -0.3 is 5.32 Å². The zero-order chi connectivity index (χ0) is 15.1. The highest BCUT2D eigenvalue weighted by Gasteiger charge is 2.37. The summed E-state index contributed by atoms with van der Waals surface area (Å²) in [6.45, 7) is 1.15. The third-order valence-electron chi connectivity index (χ3n) is 5.29. The summed E-state index contributed by atoms with van der Waals surface area (Å²) in [6.07, 6.45) is 8.95. The van der Waals surface area contributed by atoms with E-state index >= 15 is 0 Å². The lowest BCUT2D eigenvalue weighted by Gasteiger charge is -2.32. The third kappa shape index (κ3) is 2.18. The molecule has 3 aliphatic heterocycles. The zero-order valence-electron chi connectivity index (χ0n) is 13.3. The molecule has 0 spiro atoms. The molecule has 1 unspecified atom stereocenters. The van der Waals surface area contributed by atoms with Gasteiger partial charge in [-0.3, -0.25) is 0 Å². The van der Waals surface area contributed by atoms with Gasteiger partial charge in [-0.15, -0.1) is 0 Å². The molecule has 0 saturated heterocycles. The van der Waals surface area contributed by atoms with Crippen LogP contribution in [0.1, 0.15) is 37.4 Å². The van der Waals surface area contributed by atoms with Crippen LogP contribution in [-0.4, -0.2) is 35.3 Å². The lowest BCUT2D eigenvalue weighted by Crippen LogP contribution is -2.39. The van der Waals surface area contributed by atoms with E-state index in [9.17, 15) is 0 Å². The van der Waals surface area contributed by atoms with Gasteiger partial charge in [0, 0.05) is 18.8 Å². The Morgan fingerprint density at radius 2 is 2.09 bits per heavy atom. The predicted octanol–water partition coefficient (Wildman–Crippen LogP) is 1.54. The van der Waals surface area contributed by atoms with Gasteiger partial charge in [0.25, 0.3) is 0 Å². The highest BCUT2D eigenvalue weighted by molar-refractivity contribution is 5.61. The topological polar surface area (TPSA) is 58.0 Å². The first-order valence-corrected chi connectivity index (χ1v) is 8.24. The predicted molar refractivity (Wildman–Crippen MR) is 86.0 cm³/mol. The van der Waals surface area contributed by atoms with Crippen LogP contribution < -0.4 is 15.9 Å². The fraction of sp³-hybridized carbons (Fsp3) is 0.625. The summed E-state index contributed by atoms with van der Waals surface area (Å²) in [4.78, 5) is 8.80. The molecular formula is C16H24N6. The average molecular weight is 300 g/mol. The van der Waals surface area contributed by atoms with Crippen LogP contribution in [-0.2, 0) is 0 Å². The van der Waals surface area contributed by atoms with Crippen molar-refractivity contribution in [2.24, 2.45) is 11.8 Å². The Balaban J connectivity index is 1.60. The summed E-state index contributed by atoms with van der Waals surface area (Å²) in [5, 5.41) is 5.38. The highest BCUT2D eigenvalue weighted by Crippen LogP contribution is 2.41. The van der Waals surface area contributed by atoms with Crippen LogP contribution in [0, 0.1) is 11.8 Å². The molecule has 0 radical (unpaired) electrons. The molecule has 1 fully saturated rings. The second-order valence-corrected chi connectivity index (χ2v) is 6.63. The van der Waals surface area contributed by atoms with Gasteiger partial charge in [0.15, 0.2) is 5.82 Å². The molecule has 0 bridgehead atoms. The van der Waals surface area contributed by atoms with Gasteiger partial charge in [-0.25, -0.2) is 25.2 Å². The van der Waals surface area contributed by atoms with Crippen LogP contribution in [0.25, 0.3) is 11.4 Å². The van der Waals surface area contributed by atoms with Crippen LogP contribution in [0.5, 0.6) is 0 Å². The molecule has 3 heterocycles. The van der Waals surface area contributed by atoms with E-state index in [1.54, 1.807) is 0 Å². The van der Waals surface area contributed by atoms with Gasteiger partial charge in [-0.1, -0.05) is 0 Å².